The summed E-state index contributed by atoms with van der Waals surface area (Å²) < 4.78 is 5.30. The number of hydrogen-bond donors (Lipinski definition) is 2. The number of rotatable bonds is 5. The molecule has 1 aromatic rings. The van der Waals surface area contributed by atoms with Crippen LogP contribution in [0.1, 0.15) is 45.1 Å². The molecule has 2 rings (SSSR count). The maximum absolute atomic E-state index is 11.9. The number of amides is 1. The lowest BCUT2D eigenvalue weighted by Gasteiger charge is -2.26. The van der Waals surface area contributed by atoms with Gasteiger partial charge in [0.25, 0.3) is 0 Å². The molecule has 0 spiro atoms. The molecule has 1 amide bonds. The van der Waals surface area contributed by atoms with Gasteiger partial charge in [-0.15, -0.1) is 0 Å². The number of para-hydroxylation sites is 1. The van der Waals surface area contributed by atoms with Crippen molar-refractivity contribution in [2.45, 2.75) is 45.1 Å². The SMILES string of the molecule is CC(C)(C)OC(=O)NCC(CN)c1ccccc1N1CCCC1. The summed E-state index contributed by atoms with van der Waals surface area (Å²) in [5, 5.41) is 2.85. The summed E-state index contributed by atoms with van der Waals surface area (Å²) in [5.74, 6) is 0.0827. The van der Waals surface area contributed by atoms with Crippen LogP contribution >= 0.6 is 0 Å². The van der Waals surface area contributed by atoms with E-state index < -0.39 is 11.7 Å². The second kappa shape index (κ2) is 7.68. The highest BCUT2D eigenvalue weighted by atomic mass is 16.6. The Bertz CT molecular complexity index is 519. The molecule has 0 radical (unpaired) electrons. The molecule has 0 aliphatic carbocycles. The van der Waals surface area contributed by atoms with Crippen LogP contribution in [0.3, 0.4) is 0 Å². The second-order valence-electron chi connectivity index (χ2n) is 7.07. The van der Waals surface area contributed by atoms with Gasteiger partial charge in [-0.3, -0.25) is 0 Å². The molecule has 5 nitrogen and oxygen atoms in total. The monoisotopic (exact) mass is 319 g/mol. The van der Waals surface area contributed by atoms with E-state index in [2.05, 4.69) is 28.4 Å². The lowest BCUT2D eigenvalue weighted by molar-refractivity contribution is 0.0525. The molecule has 1 heterocycles. The Labute approximate surface area is 139 Å². The second-order valence-corrected chi connectivity index (χ2v) is 7.07. The molecule has 1 atom stereocenters. The molecule has 0 aromatic heterocycles. The van der Waals surface area contributed by atoms with E-state index in [1.807, 2.05) is 26.8 Å². The fourth-order valence-electron chi connectivity index (χ4n) is 2.92. The van der Waals surface area contributed by atoms with E-state index in [0.717, 1.165) is 13.1 Å². The third kappa shape index (κ3) is 5.13. The molecule has 128 valence electrons. The van der Waals surface area contributed by atoms with E-state index in [1.54, 1.807) is 0 Å². The summed E-state index contributed by atoms with van der Waals surface area (Å²) in [5.41, 5.74) is 7.93. The number of hydrogen-bond acceptors (Lipinski definition) is 4. The van der Waals surface area contributed by atoms with Gasteiger partial charge in [0.15, 0.2) is 0 Å². The zero-order valence-electron chi connectivity index (χ0n) is 14.5. The van der Waals surface area contributed by atoms with Crippen LogP contribution < -0.4 is 16.0 Å². The van der Waals surface area contributed by atoms with E-state index in [4.69, 9.17) is 10.5 Å². The zero-order valence-corrected chi connectivity index (χ0v) is 14.5. The lowest BCUT2D eigenvalue weighted by atomic mass is 9.96. The van der Waals surface area contributed by atoms with E-state index in [9.17, 15) is 4.79 Å². The van der Waals surface area contributed by atoms with Crippen LogP contribution in [0.2, 0.25) is 0 Å². The van der Waals surface area contributed by atoms with Crippen molar-refractivity contribution in [3.05, 3.63) is 29.8 Å². The van der Waals surface area contributed by atoms with Gasteiger partial charge < -0.3 is 20.7 Å². The lowest BCUT2D eigenvalue weighted by Crippen LogP contribution is -2.36. The van der Waals surface area contributed by atoms with Crippen molar-refractivity contribution in [2.24, 2.45) is 5.73 Å². The number of ether oxygens (including phenoxy) is 1. The predicted octanol–water partition coefficient (Wildman–Crippen LogP) is 2.85. The van der Waals surface area contributed by atoms with Crippen LogP contribution in [0.15, 0.2) is 24.3 Å². The normalized spacial score (nSPS) is 16.3. The molecule has 3 N–H and O–H groups in total. The molecular weight excluding hydrogens is 290 g/mol. The molecule has 1 unspecified atom stereocenters. The first-order valence-electron chi connectivity index (χ1n) is 8.41. The van der Waals surface area contributed by atoms with E-state index >= 15 is 0 Å². The number of alkyl carbamates (subject to hydrolysis) is 1. The minimum Gasteiger partial charge on any atom is -0.444 e. The largest absolute Gasteiger partial charge is 0.444 e. The maximum Gasteiger partial charge on any atom is 0.407 e. The van der Waals surface area contributed by atoms with E-state index in [0.29, 0.717) is 13.1 Å². The Morgan fingerprint density at radius 2 is 1.96 bits per heavy atom. The first-order chi connectivity index (χ1) is 10.9. The molecule has 1 aromatic carbocycles. The average molecular weight is 319 g/mol. The van der Waals surface area contributed by atoms with Crippen LogP contribution in [-0.2, 0) is 4.74 Å². The molecule has 5 heteroatoms. The highest BCUT2D eigenvalue weighted by Gasteiger charge is 2.22. The number of nitrogens with one attached hydrogen (secondary N) is 1. The van der Waals surface area contributed by atoms with Crippen molar-refractivity contribution in [3.63, 3.8) is 0 Å². The predicted molar refractivity (Wildman–Crippen MR) is 93.9 cm³/mol. The molecule has 1 saturated heterocycles. The summed E-state index contributed by atoms with van der Waals surface area (Å²) in [6.07, 6.45) is 2.07. The van der Waals surface area contributed by atoms with Gasteiger partial charge in [-0.05, 0) is 45.2 Å². The van der Waals surface area contributed by atoms with Gasteiger partial charge in [-0.2, -0.15) is 0 Å². The van der Waals surface area contributed by atoms with Gasteiger partial charge >= 0.3 is 6.09 Å². The number of nitrogens with zero attached hydrogens (tertiary/aromatic N) is 1. The highest BCUT2D eigenvalue weighted by molar-refractivity contribution is 5.68. The van der Waals surface area contributed by atoms with Crippen molar-refractivity contribution in [3.8, 4) is 0 Å². The smallest absolute Gasteiger partial charge is 0.407 e. The molecule has 1 fully saturated rings. The summed E-state index contributed by atoms with van der Waals surface area (Å²) >= 11 is 0. The Morgan fingerprint density at radius 1 is 1.30 bits per heavy atom. The summed E-state index contributed by atoms with van der Waals surface area (Å²) in [4.78, 5) is 14.3. The van der Waals surface area contributed by atoms with Gasteiger partial charge in [-0.25, -0.2) is 4.79 Å². The van der Waals surface area contributed by atoms with Gasteiger partial charge in [0.2, 0.25) is 0 Å². The average Bonchev–Trinajstić information content (AvgIpc) is 3.00. The van der Waals surface area contributed by atoms with E-state index in [1.165, 1.54) is 24.1 Å². The van der Waals surface area contributed by atoms with Crippen molar-refractivity contribution in [1.82, 2.24) is 5.32 Å². The third-order valence-corrected chi connectivity index (χ3v) is 4.00. The first kappa shape index (κ1) is 17.6. The van der Waals surface area contributed by atoms with Crippen molar-refractivity contribution in [2.75, 3.05) is 31.1 Å². The minimum absolute atomic E-state index is 0.0827. The molecule has 1 aliphatic heterocycles. The number of benzene rings is 1. The summed E-state index contributed by atoms with van der Waals surface area (Å²) in [6.45, 7) is 8.72. The first-order valence-corrected chi connectivity index (χ1v) is 8.41. The zero-order chi connectivity index (χ0) is 16.9. The fourth-order valence-corrected chi connectivity index (χ4v) is 2.92. The Morgan fingerprint density at radius 3 is 2.57 bits per heavy atom. The molecule has 0 saturated carbocycles. The number of carbonyl (C=O) groups excluding carboxylic acids is 1. The number of nitrogens with two attached hydrogens (primary N) is 1. The standard InChI is InChI=1S/C18H29N3O2/c1-18(2,3)23-17(22)20-13-14(12-19)15-8-4-5-9-16(15)21-10-6-7-11-21/h4-5,8-9,14H,6-7,10-13,19H2,1-3H3,(H,20,22). The topological polar surface area (TPSA) is 67.6 Å². The Balaban J connectivity index is 2.04. The van der Waals surface area contributed by atoms with Crippen molar-refractivity contribution >= 4 is 11.8 Å². The van der Waals surface area contributed by atoms with Crippen molar-refractivity contribution in [1.29, 1.82) is 0 Å². The van der Waals surface area contributed by atoms with E-state index in [-0.39, 0.29) is 5.92 Å². The number of carbonyl (C=O) groups is 1. The molecular formula is C18H29N3O2. The van der Waals surface area contributed by atoms with Gasteiger partial charge in [0, 0.05) is 37.8 Å². The number of anilines is 1. The van der Waals surface area contributed by atoms with Crippen LogP contribution in [0.5, 0.6) is 0 Å². The van der Waals surface area contributed by atoms with Gasteiger partial charge in [0.05, 0.1) is 0 Å². The molecule has 1 aliphatic rings. The fraction of sp³-hybridized carbons (Fsp3) is 0.611. The Kier molecular flexibility index (Phi) is 5.88. The highest BCUT2D eigenvalue weighted by Crippen LogP contribution is 2.29. The minimum atomic E-state index is -0.490. The maximum atomic E-state index is 11.9. The Hall–Kier alpha value is -1.75. The van der Waals surface area contributed by atoms with Crippen LogP contribution in [0, 0.1) is 0 Å². The quantitative estimate of drug-likeness (QED) is 0.876. The van der Waals surface area contributed by atoms with Crippen LogP contribution in [-0.4, -0.2) is 37.9 Å². The van der Waals surface area contributed by atoms with Gasteiger partial charge in [0.1, 0.15) is 5.60 Å². The van der Waals surface area contributed by atoms with Crippen LogP contribution in [0.4, 0.5) is 10.5 Å². The summed E-state index contributed by atoms with van der Waals surface area (Å²) in [7, 11) is 0. The van der Waals surface area contributed by atoms with Crippen LogP contribution in [0.25, 0.3) is 0 Å². The molecule has 23 heavy (non-hydrogen) atoms. The van der Waals surface area contributed by atoms with Crippen molar-refractivity contribution < 1.29 is 9.53 Å². The molecule has 0 bridgehead atoms. The summed E-state index contributed by atoms with van der Waals surface area (Å²) in [6, 6.07) is 8.36. The van der Waals surface area contributed by atoms with Gasteiger partial charge in [-0.1, -0.05) is 18.2 Å². The third-order valence-electron chi connectivity index (χ3n) is 4.00.